The van der Waals surface area contributed by atoms with Gasteiger partial charge in [-0.25, -0.2) is 0 Å². The molecule has 1 saturated carbocycles. The van der Waals surface area contributed by atoms with Crippen LogP contribution in [0.1, 0.15) is 76.5 Å². The van der Waals surface area contributed by atoms with Crippen molar-refractivity contribution in [1.82, 2.24) is 0 Å². The molecule has 1 aromatic carbocycles. The molecule has 2 N–H and O–H groups in total. The maximum Gasteiger partial charge on any atom is 0.121 e. The SMILES string of the molecule is C=C(C)C(N)=NC1(C)c2cc(C3=CPCC(C#CC)=C3)ccc2CC12CCC(CC)CC2. The van der Waals surface area contributed by atoms with Crippen molar-refractivity contribution in [2.75, 3.05) is 6.16 Å². The monoisotopic (exact) mass is 444 g/mol. The Kier molecular flexibility index (Phi) is 6.51. The van der Waals surface area contributed by atoms with Gasteiger partial charge in [0.2, 0.25) is 0 Å². The predicted octanol–water partition coefficient (Wildman–Crippen LogP) is 6.96. The van der Waals surface area contributed by atoms with E-state index < -0.39 is 0 Å². The van der Waals surface area contributed by atoms with Crippen LogP contribution in [0.4, 0.5) is 0 Å². The normalized spacial score (nSPS) is 30.4. The second-order valence-corrected chi connectivity index (χ2v) is 11.1. The predicted molar refractivity (Wildman–Crippen MR) is 141 cm³/mol. The zero-order valence-electron chi connectivity index (χ0n) is 20.1. The Balaban J connectivity index is 1.80. The Bertz CT molecular complexity index is 1070. The molecule has 2 aliphatic carbocycles. The highest BCUT2D eigenvalue weighted by atomic mass is 31.1. The molecule has 3 aliphatic rings. The smallest absolute Gasteiger partial charge is 0.121 e. The van der Waals surface area contributed by atoms with E-state index in [9.17, 15) is 0 Å². The highest BCUT2D eigenvalue weighted by Gasteiger charge is 2.55. The third-order valence-corrected chi connectivity index (χ3v) is 9.22. The molecule has 0 bridgehead atoms. The van der Waals surface area contributed by atoms with Gasteiger partial charge in [0.25, 0.3) is 0 Å². The molecule has 0 saturated heterocycles. The summed E-state index contributed by atoms with van der Waals surface area (Å²) in [6, 6.07) is 7.06. The van der Waals surface area contributed by atoms with E-state index in [2.05, 4.69) is 62.4 Å². The van der Waals surface area contributed by atoms with Crippen LogP contribution in [0.2, 0.25) is 0 Å². The fraction of sp³-hybridized carbons (Fsp3) is 0.483. The first-order valence-electron chi connectivity index (χ1n) is 12.0. The molecular weight excluding hydrogens is 407 g/mol. The molecular formula is C29H37N2P. The van der Waals surface area contributed by atoms with Crippen molar-refractivity contribution in [3.05, 3.63) is 64.5 Å². The van der Waals surface area contributed by atoms with Gasteiger partial charge < -0.3 is 5.73 Å². The van der Waals surface area contributed by atoms with Gasteiger partial charge in [0.15, 0.2) is 0 Å². The average Bonchev–Trinajstić information content (AvgIpc) is 3.01. The minimum absolute atomic E-state index is 0.150. The van der Waals surface area contributed by atoms with E-state index in [4.69, 9.17) is 10.7 Å². The summed E-state index contributed by atoms with van der Waals surface area (Å²) in [5.41, 5.74) is 13.7. The number of benzene rings is 1. The van der Waals surface area contributed by atoms with Gasteiger partial charge in [0.1, 0.15) is 5.84 Å². The molecule has 1 fully saturated rings. The number of rotatable bonds is 4. The fourth-order valence-corrected chi connectivity index (χ4v) is 6.94. The average molecular weight is 445 g/mol. The van der Waals surface area contributed by atoms with Crippen LogP contribution in [0.15, 0.2) is 52.8 Å². The standard InChI is InChI=1S/C29H37N2P/c1-6-8-22-15-25(19-32-18-22)23-9-10-24-17-29(13-11-21(7-2)12-14-29)28(5,26(24)16-23)31-27(30)20(3)4/h9-10,15-16,19,21,32H,3,7,11-14,17-18H2,1-2,4-5H3,(H2,30,31). The molecule has 1 spiro atoms. The molecule has 1 aliphatic heterocycles. The molecule has 0 amide bonds. The quantitative estimate of drug-likeness (QED) is 0.232. The Morgan fingerprint density at radius 1 is 1.31 bits per heavy atom. The van der Waals surface area contributed by atoms with Gasteiger partial charge in [-0.2, -0.15) is 0 Å². The summed E-state index contributed by atoms with van der Waals surface area (Å²) >= 11 is 0. The van der Waals surface area contributed by atoms with Crippen molar-refractivity contribution in [3.8, 4) is 11.8 Å². The first kappa shape index (κ1) is 23.1. The minimum atomic E-state index is -0.312. The van der Waals surface area contributed by atoms with Crippen molar-refractivity contribution >= 4 is 20.0 Å². The molecule has 2 nitrogen and oxygen atoms in total. The van der Waals surface area contributed by atoms with Crippen molar-refractivity contribution < 1.29 is 0 Å². The summed E-state index contributed by atoms with van der Waals surface area (Å²) in [5, 5.41) is 0. The third-order valence-electron chi connectivity index (χ3n) is 8.12. The molecule has 1 aromatic rings. The molecule has 4 rings (SSSR count). The largest absolute Gasteiger partial charge is 0.384 e. The molecule has 2 atom stereocenters. The van der Waals surface area contributed by atoms with Crippen molar-refractivity contribution in [2.24, 2.45) is 22.1 Å². The van der Waals surface area contributed by atoms with E-state index >= 15 is 0 Å². The topological polar surface area (TPSA) is 38.4 Å². The van der Waals surface area contributed by atoms with Crippen LogP contribution in [0.5, 0.6) is 0 Å². The third kappa shape index (κ3) is 4.02. The first-order chi connectivity index (χ1) is 15.3. The van der Waals surface area contributed by atoms with E-state index in [1.54, 1.807) is 0 Å². The summed E-state index contributed by atoms with van der Waals surface area (Å²) in [5.74, 6) is 10.2. The van der Waals surface area contributed by atoms with E-state index in [-0.39, 0.29) is 11.0 Å². The number of hydrogen-bond donors (Lipinski definition) is 1. The number of hydrogen-bond acceptors (Lipinski definition) is 1. The fourth-order valence-electron chi connectivity index (χ4n) is 5.96. The van der Waals surface area contributed by atoms with Gasteiger partial charge in [-0.3, -0.25) is 4.99 Å². The molecule has 32 heavy (non-hydrogen) atoms. The lowest BCUT2D eigenvalue weighted by molar-refractivity contribution is 0.0730. The van der Waals surface area contributed by atoms with Crippen LogP contribution in [0, 0.1) is 23.2 Å². The maximum atomic E-state index is 6.43. The van der Waals surface area contributed by atoms with E-state index in [1.807, 2.05) is 13.8 Å². The van der Waals surface area contributed by atoms with Gasteiger partial charge in [-0.15, -0.1) is 5.92 Å². The van der Waals surface area contributed by atoms with E-state index in [0.29, 0.717) is 5.84 Å². The van der Waals surface area contributed by atoms with Crippen molar-refractivity contribution in [3.63, 3.8) is 0 Å². The highest BCUT2D eigenvalue weighted by molar-refractivity contribution is 7.42. The van der Waals surface area contributed by atoms with Crippen LogP contribution in [0.3, 0.4) is 0 Å². The van der Waals surface area contributed by atoms with Crippen LogP contribution >= 0.6 is 8.58 Å². The summed E-state index contributed by atoms with van der Waals surface area (Å²) in [4.78, 5) is 5.25. The number of fused-ring (bicyclic) bond motifs is 1. The Morgan fingerprint density at radius 2 is 2.06 bits per heavy atom. The number of nitrogens with two attached hydrogens (primary N) is 1. The van der Waals surface area contributed by atoms with Crippen molar-refractivity contribution in [1.29, 1.82) is 0 Å². The highest BCUT2D eigenvalue weighted by Crippen LogP contribution is 2.60. The molecule has 2 unspecified atom stereocenters. The number of allylic oxidation sites excluding steroid dienone is 3. The zero-order valence-corrected chi connectivity index (χ0v) is 21.1. The summed E-state index contributed by atoms with van der Waals surface area (Å²) in [6.07, 6.45) is 10.8. The Labute approximate surface area is 196 Å². The van der Waals surface area contributed by atoms with Gasteiger partial charge in [-0.1, -0.05) is 52.4 Å². The summed E-state index contributed by atoms with van der Waals surface area (Å²) in [6.45, 7) is 12.6. The summed E-state index contributed by atoms with van der Waals surface area (Å²) < 4.78 is 0. The van der Waals surface area contributed by atoms with Gasteiger partial charge in [0, 0.05) is 17.2 Å². The maximum absolute atomic E-state index is 6.43. The molecule has 0 radical (unpaired) electrons. The molecule has 3 heteroatoms. The minimum Gasteiger partial charge on any atom is -0.384 e. The van der Waals surface area contributed by atoms with E-state index in [0.717, 1.165) is 32.7 Å². The Hall–Kier alpha value is -2.10. The van der Waals surface area contributed by atoms with E-state index in [1.165, 1.54) is 59.9 Å². The lowest BCUT2D eigenvalue weighted by Crippen LogP contribution is -2.43. The lowest BCUT2D eigenvalue weighted by atomic mass is 9.60. The lowest BCUT2D eigenvalue weighted by Gasteiger charge is -2.46. The first-order valence-corrected chi connectivity index (χ1v) is 13.3. The summed E-state index contributed by atoms with van der Waals surface area (Å²) in [7, 11) is 0.790. The number of aliphatic imine (C=N–C) groups is 1. The number of nitrogens with zero attached hydrogens (tertiary/aromatic N) is 1. The molecule has 168 valence electrons. The van der Waals surface area contributed by atoms with Gasteiger partial charge in [0.05, 0.1) is 5.54 Å². The number of amidine groups is 1. The van der Waals surface area contributed by atoms with Crippen LogP contribution in [-0.2, 0) is 12.0 Å². The van der Waals surface area contributed by atoms with Crippen molar-refractivity contribution in [2.45, 2.75) is 71.8 Å². The molecule has 1 heterocycles. The van der Waals surface area contributed by atoms with Crippen LogP contribution in [0.25, 0.3) is 5.57 Å². The molecule has 0 aromatic heterocycles. The Morgan fingerprint density at radius 3 is 2.72 bits per heavy atom. The zero-order chi connectivity index (χ0) is 22.9. The second kappa shape index (κ2) is 9.03. The van der Waals surface area contributed by atoms with Gasteiger partial charge in [-0.05, 0) is 98.8 Å². The second-order valence-electron chi connectivity index (χ2n) is 10.1. The van der Waals surface area contributed by atoms with Gasteiger partial charge >= 0.3 is 0 Å². The van der Waals surface area contributed by atoms with Crippen LogP contribution in [-0.4, -0.2) is 12.0 Å². The van der Waals surface area contributed by atoms with Crippen LogP contribution < -0.4 is 5.73 Å².